The number of halogens is 3. The molecule has 0 spiro atoms. The summed E-state index contributed by atoms with van der Waals surface area (Å²) >= 11 is 3.32. The maximum Gasteiger partial charge on any atom is 0.400 e. The summed E-state index contributed by atoms with van der Waals surface area (Å²) in [5.74, 6) is -0.895. The Morgan fingerprint density at radius 2 is 2.10 bits per heavy atom. The van der Waals surface area contributed by atoms with E-state index in [-0.39, 0.29) is 38.9 Å². The third kappa shape index (κ3) is 4.27. The fraction of sp³-hybridized carbons (Fsp3) is 0.400. The van der Waals surface area contributed by atoms with Gasteiger partial charge in [-0.2, -0.15) is 8.78 Å². The van der Waals surface area contributed by atoms with Crippen molar-refractivity contribution in [1.29, 1.82) is 0 Å². The van der Waals surface area contributed by atoms with Crippen LogP contribution in [0.25, 0.3) is 10.1 Å². The fourth-order valence-corrected chi connectivity index (χ4v) is 7.40. The third-order valence-electron chi connectivity index (χ3n) is 4.52. The number of carbonyl (C=O) groups excluding carboxylic acids is 1. The normalized spacial score (nSPS) is 19.3. The van der Waals surface area contributed by atoms with Crippen LogP contribution in [0.4, 0.5) is 8.78 Å². The molecule has 1 atom stereocenters. The van der Waals surface area contributed by atoms with E-state index >= 15 is 0 Å². The Hall–Kier alpha value is -1.15. The first kappa shape index (κ1) is 23.5. The Bertz CT molecular complexity index is 1170. The standard InChI is InChI=1S/C15H16BrF2N2O7PS2/c16-11-9-5-7(14(19)21)6-10(27-4-2-8-1-3-20-30(8,25)26)12(9)29-13(11)15(17,18)28(22,23)24/h5-6,8,20H,1-4H2,(H2,19,21)(H2,22,23,24). The molecule has 0 bridgehead atoms. The molecule has 1 amide bonds. The second-order valence-electron chi connectivity index (χ2n) is 6.53. The predicted molar refractivity (Wildman–Crippen MR) is 109 cm³/mol. The Balaban J connectivity index is 2.01. The maximum absolute atomic E-state index is 14.3. The number of ether oxygens (including phenoxy) is 1. The lowest BCUT2D eigenvalue weighted by Crippen LogP contribution is -2.24. The topological polar surface area (TPSA) is 156 Å². The predicted octanol–water partition coefficient (Wildman–Crippen LogP) is 2.45. The van der Waals surface area contributed by atoms with Gasteiger partial charge in [-0.25, -0.2) is 13.1 Å². The van der Waals surface area contributed by atoms with Crippen molar-refractivity contribution in [3.05, 3.63) is 27.0 Å². The van der Waals surface area contributed by atoms with Gasteiger partial charge in [0, 0.05) is 22.0 Å². The van der Waals surface area contributed by atoms with Crippen molar-refractivity contribution in [2.24, 2.45) is 5.73 Å². The highest BCUT2D eigenvalue weighted by Crippen LogP contribution is 2.63. The first-order valence-electron chi connectivity index (χ1n) is 8.36. The maximum atomic E-state index is 14.3. The molecule has 166 valence electrons. The molecule has 5 N–H and O–H groups in total. The summed E-state index contributed by atoms with van der Waals surface area (Å²) in [6, 6.07) is 2.42. The number of primary amides is 1. The summed E-state index contributed by atoms with van der Waals surface area (Å²) < 4.78 is 71.3. The van der Waals surface area contributed by atoms with E-state index in [1.807, 2.05) is 0 Å². The van der Waals surface area contributed by atoms with Crippen LogP contribution in [0.3, 0.4) is 0 Å². The van der Waals surface area contributed by atoms with E-state index in [4.69, 9.17) is 20.3 Å². The van der Waals surface area contributed by atoms with Crippen LogP contribution in [0, 0.1) is 0 Å². The van der Waals surface area contributed by atoms with Crippen molar-refractivity contribution in [3.63, 3.8) is 0 Å². The molecule has 1 aliphatic heterocycles. The lowest BCUT2D eigenvalue weighted by Gasteiger charge is -2.16. The van der Waals surface area contributed by atoms with E-state index in [0.717, 1.165) is 0 Å². The van der Waals surface area contributed by atoms with Crippen molar-refractivity contribution < 1.29 is 41.1 Å². The van der Waals surface area contributed by atoms with Gasteiger partial charge in [-0.15, -0.1) is 11.3 Å². The molecule has 15 heteroatoms. The van der Waals surface area contributed by atoms with E-state index in [1.54, 1.807) is 0 Å². The minimum Gasteiger partial charge on any atom is -0.492 e. The van der Waals surface area contributed by atoms with Crippen molar-refractivity contribution in [1.82, 2.24) is 4.72 Å². The van der Waals surface area contributed by atoms with Crippen LogP contribution in [0.1, 0.15) is 28.1 Å². The fourth-order valence-electron chi connectivity index (χ4n) is 2.95. The summed E-state index contributed by atoms with van der Waals surface area (Å²) in [6.07, 6.45) is 0.515. The minimum absolute atomic E-state index is 0.0249. The molecular formula is C15H16BrF2N2O7PS2. The largest absolute Gasteiger partial charge is 0.492 e. The average Bonchev–Trinajstić information content (AvgIpc) is 3.13. The molecule has 1 aromatic carbocycles. The number of rotatable bonds is 7. The number of carbonyl (C=O) groups is 1. The molecule has 1 fully saturated rings. The number of nitrogens with one attached hydrogen (secondary N) is 1. The number of amides is 1. The number of benzene rings is 1. The number of nitrogens with two attached hydrogens (primary N) is 1. The number of thiophene rings is 1. The van der Waals surface area contributed by atoms with Gasteiger partial charge in [0.1, 0.15) is 10.6 Å². The number of alkyl halides is 2. The first-order chi connectivity index (χ1) is 13.8. The van der Waals surface area contributed by atoms with Gasteiger partial charge in [0.15, 0.2) is 0 Å². The summed E-state index contributed by atoms with van der Waals surface area (Å²) in [5, 5.41) is -0.610. The van der Waals surface area contributed by atoms with Crippen molar-refractivity contribution >= 4 is 60.9 Å². The quantitative estimate of drug-likeness (QED) is 0.387. The highest BCUT2D eigenvalue weighted by Gasteiger charge is 2.53. The first-order valence-corrected chi connectivity index (χ1v) is 13.1. The third-order valence-corrected chi connectivity index (χ3v) is 9.96. The highest BCUT2D eigenvalue weighted by atomic mass is 79.9. The lowest BCUT2D eigenvalue weighted by molar-refractivity contribution is 0.0595. The minimum atomic E-state index is -5.83. The van der Waals surface area contributed by atoms with E-state index in [1.165, 1.54) is 12.1 Å². The molecule has 2 aromatic rings. The number of fused-ring (bicyclic) bond motifs is 1. The van der Waals surface area contributed by atoms with Gasteiger partial charge in [0.25, 0.3) is 0 Å². The van der Waals surface area contributed by atoms with E-state index in [9.17, 15) is 26.6 Å². The molecule has 0 radical (unpaired) electrons. The SMILES string of the molecule is NC(=O)c1cc(OCCC2CCNS2(=O)=O)c2sc(C(F)(F)P(=O)(O)O)c(Br)c2c1. The molecule has 1 saturated heterocycles. The number of hydrogen-bond donors (Lipinski definition) is 4. The zero-order valence-electron chi connectivity index (χ0n) is 15.0. The smallest absolute Gasteiger partial charge is 0.400 e. The van der Waals surface area contributed by atoms with Crippen LogP contribution in [-0.4, -0.2) is 42.5 Å². The molecule has 1 aromatic heterocycles. The molecular weight excluding hydrogens is 533 g/mol. The van der Waals surface area contributed by atoms with Crippen LogP contribution >= 0.6 is 34.9 Å². The number of sulfonamides is 1. The molecule has 30 heavy (non-hydrogen) atoms. The van der Waals surface area contributed by atoms with Crippen LogP contribution in [-0.2, 0) is 20.3 Å². The molecule has 2 heterocycles. The van der Waals surface area contributed by atoms with Gasteiger partial charge >= 0.3 is 13.3 Å². The highest BCUT2D eigenvalue weighted by molar-refractivity contribution is 9.10. The van der Waals surface area contributed by atoms with Crippen LogP contribution in [0.5, 0.6) is 5.75 Å². The zero-order valence-corrected chi connectivity index (χ0v) is 19.1. The Morgan fingerprint density at radius 3 is 2.63 bits per heavy atom. The second-order valence-corrected chi connectivity index (χ2v) is 12.0. The van der Waals surface area contributed by atoms with Crippen molar-refractivity contribution in [2.75, 3.05) is 13.2 Å². The second kappa shape index (κ2) is 8.08. The van der Waals surface area contributed by atoms with E-state index < -0.39 is 39.3 Å². The Kier molecular flexibility index (Phi) is 6.33. The summed E-state index contributed by atoms with van der Waals surface area (Å²) in [6.45, 7) is 0.218. The van der Waals surface area contributed by atoms with Crippen molar-refractivity contribution in [3.8, 4) is 5.75 Å². The average molecular weight is 549 g/mol. The molecule has 0 saturated carbocycles. The Labute approximate surface area is 181 Å². The van der Waals surface area contributed by atoms with E-state index in [2.05, 4.69) is 20.7 Å². The van der Waals surface area contributed by atoms with E-state index in [0.29, 0.717) is 24.3 Å². The molecule has 1 unspecified atom stereocenters. The van der Waals surface area contributed by atoms with Gasteiger partial charge in [-0.3, -0.25) is 9.36 Å². The van der Waals surface area contributed by atoms with Crippen LogP contribution < -0.4 is 15.2 Å². The molecule has 9 nitrogen and oxygen atoms in total. The van der Waals surface area contributed by atoms with Gasteiger partial charge in [0.2, 0.25) is 15.9 Å². The van der Waals surface area contributed by atoms with Gasteiger partial charge < -0.3 is 20.3 Å². The van der Waals surface area contributed by atoms with Crippen LogP contribution in [0.2, 0.25) is 0 Å². The van der Waals surface area contributed by atoms with Gasteiger partial charge in [-0.1, -0.05) is 0 Å². The summed E-state index contributed by atoms with van der Waals surface area (Å²) in [7, 11) is -9.27. The monoisotopic (exact) mass is 548 g/mol. The zero-order chi connectivity index (χ0) is 22.5. The molecule has 3 rings (SSSR count). The van der Waals surface area contributed by atoms with Gasteiger partial charge in [0.05, 0.1) is 16.6 Å². The molecule has 1 aliphatic rings. The Morgan fingerprint density at radius 1 is 1.43 bits per heavy atom. The van der Waals surface area contributed by atoms with Crippen molar-refractivity contribution in [2.45, 2.75) is 23.8 Å². The molecule has 0 aliphatic carbocycles. The van der Waals surface area contributed by atoms with Gasteiger partial charge in [-0.05, 0) is 40.9 Å². The lowest BCUT2D eigenvalue weighted by atomic mass is 10.1. The van der Waals surface area contributed by atoms with Crippen LogP contribution in [0.15, 0.2) is 16.6 Å². The summed E-state index contributed by atoms with van der Waals surface area (Å²) in [4.78, 5) is 28.8. The summed E-state index contributed by atoms with van der Waals surface area (Å²) in [5.41, 5.74) is 0.742. The number of hydrogen-bond acceptors (Lipinski definition) is 6.